The normalized spacial score (nSPS) is 12.6. The van der Waals surface area contributed by atoms with E-state index in [4.69, 9.17) is 41.8 Å². The lowest BCUT2D eigenvalue weighted by molar-refractivity contribution is -0.00728. The van der Waals surface area contributed by atoms with Crippen LogP contribution >= 0.6 is 19.9 Å². The zero-order chi connectivity index (χ0) is 36.0. The monoisotopic (exact) mass is 734 g/mol. The summed E-state index contributed by atoms with van der Waals surface area (Å²) in [4.78, 5) is 24.1. The van der Waals surface area contributed by atoms with Crippen LogP contribution in [0.25, 0.3) is 10.9 Å². The molecule has 13 nitrogen and oxygen atoms in total. The maximum Gasteiger partial charge on any atom is 0.510 e. The second kappa shape index (κ2) is 24.1. The summed E-state index contributed by atoms with van der Waals surface area (Å²) < 4.78 is 21.9. The molecule has 2 heterocycles. The Morgan fingerprint density at radius 3 is 2.26 bits per heavy atom. The smallest absolute Gasteiger partial charge is 0.432 e. The summed E-state index contributed by atoms with van der Waals surface area (Å²) in [5, 5.41) is 11.9. The van der Waals surface area contributed by atoms with Crippen molar-refractivity contribution in [1.82, 2.24) is 20.0 Å². The first-order valence-corrected chi connectivity index (χ1v) is 19.5. The van der Waals surface area contributed by atoms with Crippen LogP contribution in [0.3, 0.4) is 0 Å². The highest BCUT2D eigenvalue weighted by Gasteiger charge is 2.15. The van der Waals surface area contributed by atoms with E-state index < -0.39 is 14.5 Å². The Hall–Kier alpha value is -3.22. The fourth-order valence-corrected chi connectivity index (χ4v) is 6.48. The van der Waals surface area contributed by atoms with Crippen molar-refractivity contribution in [1.29, 1.82) is 0 Å². The number of benzene rings is 1. The maximum atomic E-state index is 11.7. The fourth-order valence-electron chi connectivity index (χ4n) is 5.08. The second-order valence-electron chi connectivity index (χ2n) is 12.4. The van der Waals surface area contributed by atoms with Crippen LogP contribution in [-0.4, -0.2) is 66.1 Å². The summed E-state index contributed by atoms with van der Waals surface area (Å²) in [5.74, 6) is 0.687. The molecule has 2 atom stereocenters. The van der Waals surface area contributed by atoms with Gasteiger partial charge in [0.1, 0.15) is 26.7 Å². The lowest BCUT2D eigenvalue weighted by Gasteiger charge is -2.22. The number of unbranched alkanes of at least 4 members (excludes halogenated alkanes) is 10. The number of nitrogen functional groups attached to an aromatic ring is 2. The fraction of sp³-hybridized carbons (Fsp3) is 0.600. The van der Waals surface area contributed by atoms with Gasteiger partial charge in [-0.1, -0.05) is 69.4 Å². The molecule has 3 rings (SSSR count). The molecule has 2 unspecified atom stereocenters. The Balaban J connectivity index is 1.20. The molecule has 0 bridgehead atoms. The molecule has 3 aromatic rings. The van der Waals surface area contributed by atoms with Crippen LogP contribution in [0.4, 0.5) is 27.8 Å². The minimum absolute atomic E-state index is 0.177. The first-order valence-electron chi connectivity index (χ1n) is 17.7. The number of carbonyl (C=O) groups excluding carboxylic acids is 1. The molecule has 0 spiro atoms. The van der Waals surface area contributed by atoms with Gasteiger partial charge in [-0.05, 0) is 57.9 Å². The van der Waals surface area contributed by atoms with E-state index in [2.05, 4.69) is 30.7 Å². The van der Waals surface area contributed by atoms with E-state index in [1.54, 1.807) is 13.8 Å². The number of pyridine rings is 1. The van der Waals surface area contributed by atoms with Crippen molar-refractivity contribution < 1.29 is 23.5 Å². The van der Waals surface area contributed by atoms with Gasteiger partial charge < -0.3 is 40.8 Å². The maximum absolute atomic E-state index is 11.7. The summed E-state index contributed by atoms with van der Waals surface area (Å²) in [7, 11) is -1.20. The van der Waals surface area contributed by atoms with E-state index in [0.29, 0.717) is 29.4 Å². The van der Waals surface area contributed by atoms with Crippen molar-refractivity contribution in [3.8, 4) is 0 Å². The highest BCUT2D eigenvalue weighted by atomic mass is 35.5. The first kappa shape index (κ1) is 41.2. The number of nitrogens with one attached hydrogen (secondary N) is 3. The van der Waals surface area contributed by atoms with Crippen molar-refractivity contribution in [2.45, 2.75) is 104 Å². The van der Waals surface area contributed by atoms with Crippen molar-refractivity contribution in [3.05, 3.63) is 41.8 Å². The predicted molar refractivity (Wildman–Crippen MR) is 204 cm³/mol. The molecule has 0 radical (unpaired) electrons. The standard InChI is InChI=1S/C35H56ClN8O5P/c1-26(2)49-35(45)46-24-48-50(25-47-27(3)22-41-34-32(37)33(38)42-23-43-34)44-19-14-12-10-8-6-4-5-7-9-11-13-18-39-30-17-20-40-31-21-28(36)15-16-29(30)31/h15-17,20-21,23,26-27,44H,4-14,18-19,22,24-25,37H2,1-3H3,(H,39,40)(H3,38,41,42,43). The molecule has 0 aliphatic rings. The quantitative estimate of drug-likeness (QED) is 0.0230. The van der Waals surface area contributed by atoms with Gasteiger partial charge in [-0.2, -0.15) is 0 Å². The zero-order valence-corrected chi connectivity index (χ0v) is 31.4. The number of nitrogens with zero attached hydrogens (tertiary/aromatic N) is 3. The average molecular weight is 735 g/mol. The van der Waals surface area contributed by atoms with Gasteiger partial charge in [0.05, 0.1) is 17.7 Å². The van der Waals surface area contributed by atoms with Gasteiger partial charge in [0.2, 0.25) is 6.79 Å². The topological polar surface area (TPSA) is 181 Å². The number of hydrogen-bond acceptors (Lipinski definition) is 13. The Morgan fingerprint density at radius 1 is 0.880 bits per heavy atom. The first-order chi connectivity index (χ1) is 24.2. The average Bonchev–Trinajstić information content (AvgIpc) is 3.08. The molecule has 0 aliphatic heterocycles. The number of nitrogens with two attached hydrogens (primary N) is 2. The lowest BCUT2D eigenvalue weighted by Crippen LogP contribution is -2.24. The summed E-state index contributed by atoms with van der Waals surface area (Å²) in [6.07, 6.45) is 15.8. The third-order valence-electron chi connectivity index (χ3n) is 7.83. The SMILES string of the molecule is CC(C)OC(=O)OCOP(COC(C)CNc1ncnc(N)c1N)NCCCCCCCCCCCCCNc1ccnc2cc(Cl)ccc12. The number of halogens is 1. The molecule has 0 saturated carbocycles. The van der Waals surface area contributed by atoms with E-state index in [9.17, 15) is 4.79 Å². The molecular formula is C35H56ClN8O5P. The van der Waals surface area contributed by atoms with Crippen LogP contribution in [0.15, 0.2) is 36.8 Å². The van der Waals surface area contributed by atoms with Crippen LogP contribution in [-0.2, 0) is 18.7 Å². The molecule has 50 heavy (non-hydrogen) atoms. The van der Waals surface area contributed by atoms with Crippen molar-refractivity contribution in [2.75, 3.05) is 54.9 Å². The van der Waals surface area contributed by atoms with E-state index in [0.717, 1.165) is 48.9 Å². The van der Waals surface area contributed by atoms with E-state index in [-0.39, 0.29) is 24.8 Å². The number of hydrogen-bond donors (Lipinski definition) is 5. The molecule has 0 aliphatic carbocycles. The minimum Gasteiger partial charge on any atom is -0.432 e. The molecule has 7 N–H and O–H groups in total. The number of anilines is 4. The van der Waals surface area contributed by atoms with E-state index >= 15 is 0 Å². The van der Waals surface area contributed by atoms with Gasteiger partial charge in [-0.3, -0.25) is 10.1 Å². The van der Waals surface area contributed by atoms with Crippen LogP contribution in [0.2, 0.25) is 5.02 Å². The number of rotatable bonds is 26. The Kier molecular flexibility index (Phi) is 19.8. The molecule has 278 valence electrons. The van der Waals surface area contributed by atoms with Crippen molar-refractivity contribution in [3.63, 3.8) is 0 Å². The van der Waals surface area contributed by atoms with Crippen LogP contribution < -0.4 is 27.2 Å². The summed E-state index contributed by atoms with van der Waals surface area (Å²) in [6, 6.07) is 7.87. The van der Waals surface area contributed by atoms with Gasteiger partial charge in [-0.15, -0.1) is 0 Å². The number of carbonyl (C=O) groups is 1. The van der Waals surface area contributed by atoms with Crippen LogP contribution in [0.1, 0.15) is 91.4 Å². The molecule has 15 heteroatoms. The molecule has 2 aromatic heterocycles. The van der Waals surface area contributed by atoms with Crippen molar-refractivity contribution in [2.24, 2.45) is 0 Å². The largest absolute Gasteiger partial charge is 0.510 e. The zero-order valence-electron chi connectivity index (χ0n) is 29.8. The molecule has 0 saturated heterocycles. The predicted octanol–water partition coefficient (Wildman–Crippen LogP) is 8.46. The number of aromatic nitrogens is 3. The summed E-state index contributed by atoms with van der Waals surface area (Å²) >= 11 is 6.10. The second-order valence-corrected chi connectivity index (χ2v) is 14.5. The molecule has 0 fully saturated rings. The summed E-state index contributed by atoms with van der Waals surface area (Å²) in [5.41, 5.74) is 14.0. The Bertz CT molecular complexity index is 1410. The molecule has 0 amide bonds. The summed E-state index contributed by atoms with van der Waals surface area (Å²) in [6.45, 7) is 7.44. The number of fused-ring (bicyclic) bond motifs is 1. The van der Waals surface area contributed by atoms with Crippen molar-refractivity contribution >= 4 is 60.0 Å². The molecular weight excluding hydrogens is 679 g/mol. The van der Waals surface area contributed by atoms with Gasteiger partial charge in [0.25, 0.3) is 0 Å². The van der Waals surface area contributed by atoms with Gasteiger partial charge in [0.15, 0.2) is 11.6 Å². The third-order valence-corrected chi connectivity index (χ3v) is 9.44. The van der Waals surface area contributed by atoms with Gasteiger partial charge in [0, 0.05) is 41.9 Å². The minimum atomic E-state index is -1.20. The molecule has 1 aromatic carbocycles. The lowest BCUT2D eigenvalue weighted by atomic mass is 10.1. The van der Waals surface area contributed by atoms with Gasteiger partial charge >= 0.3 is 6.16 Å². The number of ether oxygens (including phenoxy) is 3. The van der Waals surface area contributed by atoms with E-state index in [1.165, 1.54) is 57.7 Å². The highest BCUT2D eigenvalue weighted by molar-refractivity contribution is 7.50. The Labute approximate surface area is 303 Å². The third kappa shape index (κ3) is 16.7. The van der Waals surface area contributed by atoms with Crippen LogP contribution in [0, 0.1) is 0 Å². The van der Waals surface area contributed by atoms with E-state index in [1.807, 2.05) is 37.4 Å². The van der Waals surface area contributed by atoms with Crippen LogP contribution in [0.5, 0.6) is 0 Å². The van der Waals surface area contributed by atoms with Gasteiger partial charge in [-0.25, -0.2) is 14.8 Å². The Morgan fingerprint density at radius 2 is 1.56 bits per heavy atom. The highest BCUT2D eigenvalue weighted by Crippen LogP contribution is 2.32.